The predicted molar refractivity (Wildman–Crippen MR) is 56.3 cm³/mol. The van der Waals surface area contributed by atoms with Gasteiger partial charge in [-0.3, -0.25) is 5.32 Å². The number of aliphatic hydroxyl groups excluding tert-OH is 2. The van der Waals surface area contributed by atoms with Gasteiger partial charge in [0.2, 0.25) is 0 Å². The van der Waals surface area contributed by atoms with Crippen LogP contribution >= 0.6 is 0 Å². The summed E-state index contributed by atoms with van der Waals surface area (Å²) >= 11 is 0. The van der Waals surface area contributed by atoms with E-state index in [1.54, 1.807) is 30.3 Å². The lowest BCUT2D eigenvalue weighted by molar-refractivity contribution is -0.166. The van der Waals surface area contributed by atoms with Crippen molar-refractivity contribution in [3.63, 3.8) is 0 Å². The number of halogens is 3. The smallest absolute Gasteiger partial charge is 0.394 e. The number of alkyl halides is 3. The Kier molecular flexibility index (Phi) is 4.92. The van der Waals surface area contributed by atoms with Gasteiger partial charge in [-0.15, -0.1) is 0 Å². The molecule has 96 valence electrons. The maximum atomic E-state index is 12.4. The fourth-order valence-corrected chi connectivity index (χ4v) is 1.43. The van der Waals surface area contributed by atoms with Gasteiger partial charge in [0.1, 0.15) is 6.04 Å². The molecule has 0 radical (unpaired) electrons. The number of aliphatic hydroxyl groups is 2. The van der Waals surface area contributed by atoms with E-state index in [4.69, 9.17) is 10.2 Å². The molecule has 0 aliphatic carbocycles. The normalized spacial score (nSPS) is 15.6. The first-order chi connectivity index (χ1) is 7.99. The Labute approximate surface area is 96.9 Å². The zero-order valence-electron chi connectivity index (χ0n) is 8.98. The van der Waals surface area contributed by atoms with Crippen molar-refractivity contribution in [2.24, 2.45) is 0 Å². The molecule has 0 aliphatic rings. The first-order valence-corrected chi connectivity index (χ1v) is 5.08. The number of benzene rings is 1. The minimum absolute atomic E-state index is 0.476. The van der Waals surface area contributed by atoms with Crippen LogP contribution in [0.15, 0.2) is 30.3 Å². The molecule has 2 atom stereocenters. The molecule has 0 aromatic heterocycles. The highest BCUT2D eigenvalue weighted by Crippen LogP contribution is 2.23. The van der Waals surface area contributed by atoms with Gasteiger partial charge in [-0.2, -0.15) is 13.2 Å². The Hall–Kier alpha value is -1.11. The summed E-state index contributed by atoms with van der Waals surface area (Å²) in [5, 5.41) is 20.0. The second-order valence-corrected chi connectivity index (χ2v) is 3.59. The van der Waals surface area contributed by atoms with E-state index in [0.29, 0.717) is 5.56 Å². The van der Waals surface area contributed by atoms with Gasteiger partial charge < -0.3 is 10.2 Å². The second kappa shape index (κ2) is 6.00. The highest BCUT2D eigenvalue weighted by molar-refractivity contribution is 5.19. The van der Waals surface area contributed by atoms with E-state index in [1.807, 2.05) is 0 Å². The summed E-state index contributed by atoms with van der Waals surface area (Å²) in [5.41, 5.74) is 0.540. The highest BCUT2D eigenvalue weighted by atomic mass is 19.4. The molecular formula is C11H14F3NO2. The fraction of sp³-hybridized carbons (Fsp3) is 0.455. The molecule has 1 rings (SSSR count). The molecule has 0 bridgehead atoms. The minimum atomic E-state index is -4.54. The van der Waals surface area contributed by atoms with E-state index in [0.717, 1.165) is 0 Å². The van der Waals surface area contributed by atoms with Gasteiger partial charge in [-0.1, -0.05) is 30.3 Å². The highest BCUT2D eigenvalue weighted by Gasteiger charge is 2.40. The lowest BCUT2D eigenvalue weighted by atomic mass is 10.1. The quantitative estimate of drug-likeness (QED) is 0.735. The average molecular weight is 249 g/mol. The van der Waals surface area contributed by atoms with Crippen LogP contribution in [-0.2, 0) is 0 Å². The van der Waals surface area contributed by atoms with E-state index in [9.17, 15) is 13.2 Å². The van der Waals surface area contributed by atoms with Crippen LogP contribution in [0, 0.1) is 0 Å². The maximum absolute atomic E-state index is 12.4. The van der Waals surface area contributed by atoms with E-state index in [2.05, 4.69) is 5.32 Å². The third kappa shape index (κ3) is 3.99. The summed E-state index contributed by atoms with van der Waals surface area (Å²) in [7, 11) is 0. The van der Waals surface area contributed by atoms with Crippen molar-refractivity contribution in [1.29, 1.82) is 0 Å². The van der Waals surface area contributed by atoms with Crippen molar-refractivity contribution in [3.05, 3.63) is 35.9 Å². The Morgan fingerprint density at radius 2 is 1.65 bits per heavy atom. The number of hydrogen-bond acceptors (Lipinski definition) is 3. The summed E-state index contributed by atoms with van der Waals surface area (Å²) in [6.45, 7) is -1.54. The third-order valence-electron chi connectivity index (χ3n) is 2.36. The number of rotatable bonds is 5. The monoisotopic (exact) mass is 249 g/mol. The molecule has 1 aromatic carbocycles. The van der Waals surface area contributed by atoms with Crippen molar-refractivity contribution < 1.29 is 23.4 Å². The summed E-state index contributed by atoms with van der Waals surface area (Å²) in [6.07, 6.45) is -4.54. The maximum Gasteiger partial charge on any atom is 0.406 e. The standard InChI is InChI=1S/C11H14F3NO2/c12-11(13,14)10(7-17)15-9(6-16)8-4-2-1-3-5-8/h1-5,9-10,15-17H,6-7H2/t9-,10-/m1/s1. The van der Waals surface area contributed by atoms with Crippen molar-refractivity contribution in [2.75, 3.05) is 13.2 Å². The van der Waals surface area contributed by atoms with E-state index < -0.39 is 31.5 Å². The molecule has 0 saturated carbocycles. The second-order valence-electron chi connectivity index (χ2n) is 3.59. The van der Waals surface area contributed by atoms with Crippen molar-refractivity contribution >= 4 is 0 Å². The summed E-state index contributed by atoms with van der Waals surface area (Å²) in [4.78, 5) is 0. The Morgan fingerprint density at radius 1 is 1.06 bits per heavy atom. The van der Waals surface area contributed by atoms with Crippen LogP contribution in [0.5, 0.6) is 0 Å². The SMILES string of the molecule is OC[C@@H](N[C@H](CO)C(F)(F)F)c1ccccc1. The van der Waals surface area contributed by atoms with Crippen LogP contribution in [0.1, 0.15) is 11.6 Å². The molecule has 1 aromatic rings. The lowest BCUT2D eigenvalue weighted by Gasteiger charge is -2.25. The van der Waals surface area contributed by atoms with Gasteiger partial charge in [0.25, 0.3) is 0 Å². The molecule has 0 heterocycles. The number of hydrogen-bond donors (Lipinski definition) is 3. The van der Waals surface area contributed by atoms with Crippen LogP contribution < -0.4 is 5.32 Å². The van der Waals surface area contributed by atoms with Gasteiger partial charge in [0.15, 0.2) is 0 Å². The largest absolute Gasteiger partial charge is 0.406 e. The summed E-state index contributed by atoms with van der Waals surface area (Å²) in [6, 6.07) is 5.39. The van der Waals surface area contributed by atoms with Gasteiger partial charge >= 0.3 is 6.18 Å². The topological polar surface area (TPSA) is 52.5 Å². The molecule has 0 amide bonds. The van der Waals surface area contributed by atoms with Crippen LogP contribution in [0.3, 0.4) is 0 Å². The van der Waals surface area contributed by atoms with Crippen LogP contribution in [-0.4, -0.2) is 35.6 Å². The zero-order valence-corrected chi connectivity index (χ0v) is 8.98. The van der Waals surface area contributed by atoms with Gasteiger partial charge in [0, 0.05) is 0 Å². The molecule has 17 heavy (non-hydrogen) atoms. The zero-order chi connectivity index (χ0) is 12.9. The summed E-state index contributed by atoms with van der Waals surface area (Å²) in [5.74, 6) is 0. The summed E-state index contributed by atoms with van der Waals surface area (Å²) < 4.78 is 37.3. The Balaban J connectivity index is 2.76. The van der Waals surface area contributed by atoms with E-state index in [1.165, 1.54) is 0 Å². The molecular weight excluding hydrogens is 235 g/mol. The fourth-order valence-electron chi connectivity index (χ4n) is 1.43. The predicted octanol–water partition coefficient (Wildman–Crippen LogP) is 1.23. The van der Waals surface area contributed by atoms with Crippen molar-refractivity contribution in [3.8, 4) is 0 Å². The molecule has 0 spiro atoms. The van der Waals surface area contributed by atoms with Crippen LogP contribution in [0.25, 0.3) is 0 Å². The van der Waals surface area contributed by atoms with E-state index >= 15 is 0 Å². The van der Waals surface area contributed by atoms with Crippen LogP contribution in [0.2, 0.25) is 0 Å². The van der Waals surface area contributed by atoms with Gasteiger partial charge in [0.05, 0.1) is 19.3 Å². The molecule has 0 fully saturated rings. The average Bonchev–Trinajstić information content (AvgIpc) is 2.30. The molecule has 3 nitrogen and oxygen atoms in total. The first kappa shape index (κ1) is 14.0. The molecule has 6 heteroatoms. The van der Waals surface area contributed by atoms with Gasteiger partial charge in [-0.05, 0) is 5.56 Å². The minimum Gasteiger partial charge on any atom is -0.394 e. The Bertz CT molecular complexity index is 329. The lowest BCUT2D eigenvalue weighted by Crippen LogP contribution is -2.47. The van der Waals surface area contributed by atoms with Gasteiger partial charge in [-0.25, -0.2) is 0 Å². The van der Waals surface area contributed by atoms with Crippen molar-refractivity contribution in [2.45, 2.75) is 18.3 Å². The first-order valence-electron chi connectivity index (χ1n) is 5.08. The van der Waals surface area contributed by atoms with Crippen molar-refractivity contribution in [1.82, 2.24) is 5.32 Å². The number of nitrogens with one attached hydrogen (secondary N) is 1. The molecule has 0 saturated heterocycles. The molecule has 0 unspecified atom stereocenters. The molecule has 0 aliphatic heterocycles. The van der Waals surface area contributed by atoms with E-state index in [-0.39, 0.29) is 0 Å². The Morgan fingerprint density at radius 3 is 2.06 bits per heavy atom. The molecule has 3 N–H and O–H groups in total. The van der Waals surface area contributed by atoms with Crippen LogP contribution in [0.4, 0.5) is 13.2 Å². The third-order valence-corrected chi connectivity index (χ3v) is 2.36.